The molecule has 1 heterocycles. The Morgan fingerprint density at radius 3 is 2.72 bits per heavy atom. The average Bonchev–Trinajstić information content (AvgIpc) is 2.27. The van der Waals surface area contributed by atoms with Crippen molar-refractivity contribution in [2.45, 2.75) is 25.6 Å². The highest BCUT2D eigenvalue weighted by Gasteiger charge is 2.30. The molecule has 0 radical (unpaired) electrons. The van der Waals surface area contributed by atoms with Crippen molar-refractivity contribution in [3.05, 3.63) is 30.5 Å². The number of fused-ring (bicyclic) bond motifs is 1. The van der Waals surface area contributed by atoms with E-state index in [4.69, 9.17) is 0 Å². The molecule has 1 unspecified atom stereocenters. The predicted molar refractivity (Wildman–Crippen MR) is 63.3 cm³/mol. The van der Waals surface area contributed by atoms with Crippen molar-refractivity contribution in [3.8, 4) is 0 Å². The lowest BCUT2D eigenvalue weighted by molar-refractivity contribution is -0.136. The summed E-state index contributed by atoms with van der Waals surface area (Å²) in [5.74, 6) is 0.379. The molecule has 18 heavy (non-hydrogen) atoms. The first-order valence-electron chi connectivity index (χ1n) is 5.49. The minimum atomic E-state index is -4.19. The minimum Gasteiger partial charge on any atom is -0.365 e. The third-order valence-electron chi connectivity index (χ3n) is 2.49. The molecule has 6 heteroatoms. The normalized spacial score (nSPS) is 13.6. The SMILES string of the molecule is CC(CC(F)(F)F)Nc1nncc2ccccc12. The molecular weight excluding hydrogens is 243 g/mol. The van der Waals surface area contributed by atoms with Crippen LogP contribution in [0.1, 0.15) is 13.3 Å². The van der Waals surface area contributed by atoms with Crippen molar-refractivity contribution >= 4 is 16.6 Å². The van der Waals surface area contributed by atoms with Crippen LogP contribution in [0.15, 0.2) is 30.5 Å². The summed E-state index contributed by atoms with van der Waals surface area (Å²) in [7, 11) is 0. The van der Waals surface area contributed by atoms with E-state index in [2.05, 4.69) is 15.5 Å². The number of halogens is 3. The first-order chi connectivity index (χ1) is 8.46. The summed E-state index contributed by atoms with van der Waals surface area (Å²) in [6.07, 6.45) is -3.52. The number of nitrogens with one attached hydrogen (secondary N) is 1. The van der Waals surface area contributed by atoms with Crippen LogP contribution >= 0.6 is 0 Å². The Hall–Kier alpha value is -1.85. The zero-order valence-corrected chi connectivity index (χ0v) is 9.70. The highest BCUT2D eigenvalue weighted by molar-refractivity contribution is 5.90. The lowest BCUT2D eigenvalue weighted by atomic mass is 10.1. The second-order valence-corrected chi connectivity index (χ2v) is 4.15. The number of anilines is 1. The maximum atomic E-state index is 12.2. The molecule has 1 N–H and O–H groups in total. The Labute approximate surface area is 102 Å². The summed E-state index contributed by atoms with van der Waals surface area (Å²) >= 11 is 0. The molecule has 0 aliphatic carbocycles. The van der Waals surface area contributed by atoms with Crippen LogP contribution in [0.3, 0.4) is 0 Å². The third kappa shape index (κ3) is 3.09. The molecule has 1 atom stereocenters. The summed E-state index contributed by atoms with van der Waals surface area (Å²) in [6.45, 7) is 1.47. The maximum Gasteiger partial charge on any atom is 0.391 e. The number of rotatable bonds is 3. The molecule has 96 valence electrons. The van der Waals surface area contributed by atoms with Gasteiger partial charge in [0.2, 0.25) is 0 Å². The van der Waals surface area contributed by atoms with Crippen LogP contribution in [0.4, 0.5) is 19.0 Å². The topological polar surface area (TPSA) is 37.8 Å². The van der Waals surface area contributed by atoms with Crippen LogP contribution in [-0.4, -0.2) is 22.4 Å². The van der Waals surface area contributed by atoms with Gasteiger partial charge in [-0.05, 0) is 6.92 Å². The molecule has 0 saturated carbocycles. The second kappa shape index (κ2) is 4.80. The molecule has 0 spiro atoms. The highest BCUT2D eigenvalue weighted by Crippen LogP contribution is 2.25. The second-order valence-electron chi connectivity index (χ2n) is 4.15. The smallest absolute Gasteiger partial charge is 0.365 e. The van der Waals surface area contributed by atoms with E-state index in [1.54, 1.807) is 12.3 Å². The fraction of sp³-hybridized carbons (Fsp3) is 0.333. The third-order valence-corrected chi connectivity index (χ3v) is 2.49. The Morgan fingerprint density at radius 2 is 2.00 bits per heavy atom. The summed E-state index contributed by atoms with van der Waals surface area (Å²) in [5.41, 5.74) is 0. The van der Waals surface area contributed by atoms with Crippen molar-refractivity contribution in [1.82, 2.24) is 10.2 Å². The lowest BCUT2D eigenvalue weighted by Crippen LogP contribution is -2.24. The van der Waals surface area contributed by atoms with E-state index in [0.29, 0.717) is 5.82 Å². The van der Waals surface area contributed by atoms with Gasteiger partial charge in [-0.2, -0.15) is 18.3 Å². The average molecular weight is 255 g/mol. The predicted octanol–water partition coefficient (Wildman–Crippen LogP) is 3.38. The zero-order valence-electron chi connectivity index (χ0n) is 9.70. The van der Waals surface area contributed by atoms with Crippen molar-refractivity contribution in [3.63, 3.8) is 0 Å². The number of hydrogen-bond acceptors (Lipinski definition) is 3. The molecule has 3 nitrogen and oxygen atoms in total. The van der Waals surface area contributed by atoms with E-state index in [1.807, 2.05) is 18.2 Å². The number of benzene rings is 1. The molecule has 2 aromatic rings. The monoisotopic (exact) mass is 255 g/mol. The fourth-order valence-corrected chi connectivity index (χ4v) is 1.77. The van der Waals surface area contributed by atoms with Gasteiger partial charge in [-0.15, -0.1) is 5.10 Å². The highest BCUT2D eigenvalue weighted by atomic mass is 19.4. The number of aromatic nitrogens is 2. The molecule has 0 saturated heterocycles. The fourth-order valence-electron chi connectivity index (χ4n) is 1.77. The van der Waals surface area contributed by atoms with Gasteiger partial charge in [0.15, 0.2) is 5.82 Å². The van der Waals surface area contributed by atoms with Crippen LogP contribution < -0.4 is 5.32 Å². The zero-order chi connectivity index (χ0) is 13.2. The van der Waals surface area contributed by atoms with Gasteiger partial charge in [0, 0.05) is 16.8 Å². The van der Waals surface area contributed by atoms with E-state index in [0.717, 1.165) is 10.8 Å². The molecule has 0 bridgehead atoms. The minimum absolute atomic E-state index is 0.379. The van der Waals surface area contributed by atoms with E-state index in [9.17, 15) is 13.2 Å². The summed E-state index contributed by atoms with van der Waals surface area (Å²) in [6, 6.07) is 6.54. The maximum absolute atomic E-state index is 12.2. The van der Waals surface area contributed by atoms with Crippen LogP contribution in [0, 0.1) is 0 Å². The summed E-state index contributed by atoms with van der Waals surface area (Å²) in [5, 5.41) is 12.0. The molecule has 1 aromatic carbocycles. The van der Waals surface area contributed by atoms with Crippen molar-refractivity contribution in [2.75, 3.05) is 5.32 Å². The molecule has 2 rings (SSSR count). The van der Waals surface area contributed by atoms with Gasteiger partial charge in [-0.25, -0.2) is 0 Å². The van der Waals surface area contributed by atoms with Gasteiger partial charge in [0.05, 0.1) is 12.6 Å². The quantitative estimate of drug-likeness (QED) is 0.913. The molecule has 1 aromatic heterocycles. The summed E-state index contributed by atoms with van der Waals surface area (Å²) < 4.78 is 36.7. The number of hydrogen-bond donors (Lipinski definition) is 1. The Bertz CT molecular complexity index is 534. The van der Waals surface area contributed by atoms with Crippen LogP contribution in [-0.2, 0) is 0 Å². The van der Waals surface area contributed by atoms with Gasteiger partial charge in [-0.1, -0.05) is 24.3 Å². The van der Waals surface area contributed by atoms with Crippen LogP contribution in [0.25, 0.3) is 10.8 Å². The Morgan fingerprint density at radius 1 is 1.28 bits per heavy atom. The van der Waals surface area contributed by atoms with Gasteiger partial charge in [-0.3, -0.25) is 0 Å². The van der Waals surface area contributed by atoms with E-state index in [1.165, 1.54) is 6.92 Å². The largest absolute Gasteiger partial charge is 0.391 e. The Balaban J connectivity index is 2.21. The van der Waals surface area contributed by atoms with Gasteiger partial charge in [0.25, 0.3) is 0 Å². The van der Waals surface area contributed by atoms with E-state index >= 15 is 0 Å². The van der Waals surface area contributed by atoms with E-state index < -0.39 is 18.6 Å². The first-order valence-corrected chi connectivity index (χ1v) is 5.49. The van der Waals surface area contributed by atoms with Gasteiger partial charge in [0.1, 0.15) is 0 Å². The van der Waals surface area contributed by atoms with Crippen molar-refractivity contribution < 1.29 is 13.2 Å². The Kier molecular flexibility index (Phi) is 3.36. The summed E-state index contributed by atoms with van der Waals surface area (Å²) in [4.78, 5) is 0. The van der Waals surface area contributed by atoms with E-state index in [-0.39, 0.29) is 0 Å². The first kappa shape index (κ1) is 12.6. The standard InChI is InChI=1S/C12H12F3N3/c1-8(6-12(13,14)15)17-11-10-5-3-2-4-9(10)7-16-18-11/h2-5,7-8H,6H2,1H3,(H,17,18). The lowest BCUT2D eigenvalue weighted by Gasteiger charge is -2.16. The molecule has 0 amide bonds. The van der Waals surface area contributed by atoms with Gasteiger partial charge < -0.3 is 5.32 Å². The molecule has 0 aliphatic rings. The molecule has 0 fully saturated rings. The van der Waals surface area contributed by atoms with Crippen molar-refractivity contribution in [1.29, 1.82) is 0 Å². The molecule has 0 aliphatic heterocycles. The number of nitrogens with zero attached hydrogens (tertiary/aromatic N) is 2. The van der Waals surface area contributed by atoms with Crippen LogP contribution in [0.5, 0.6) is 0 Å². The number of alkyl halides is 3. The van der Waals surface area contributed by atoms with Crippen LogP contribution in [0.2, 0.25) is 0 Å². The van der Waals surface area contributed by atoms with Crippen molar-refractivity contribution in [2.24, 2.45) is 0 Å². The molecular formula is C12H12F3N3. The van der Waals surface area contributed by atoms with Gasteiger partial charge >= 0.3 is 6.18 Å².